The van der Waals surface area contributed by atoms with Crippen molar-refractivity contribution in [2.75, 3.05) is 18.4 Å². The molecule has 0 unspecified atom stereocenters. The van der Waals surface area contributed by atoms with Crippen LogP contribution in [0.2, 0.25) is 0 Å². The number of aromatic nitrogens is 1. The Balaban J connectivity index is 1.47. The Kier molecular flexibility index (Phi) is 6.40. The van der Waals surface area contributed by atoms with Crippen molar-refractivity contribution >= 4 is 11.6 Å². The number of pyridine rings is 1. The zero-order valence-electron chi connectivity index (χ0n) is 17.1. The summed E-state index contributed by atoms with van der Waals surface area (Å²) in [6, 6.07) is 21.0. The van der Waals surface area contributed by atoms with Gasteiger partial charge in [0.15, 0.2) is 0 Å². The quantitative estimate of drug-likeness (QED) is 0.676. The van der Waals surface area contributed by atoms with E-state index in [1.54, 1.807) is 22.9 Å². The molecule has 0 bridgehead atoms. The number of likely N-dealkylation sites (tertiary alicyclic amines) is 1. The third kappa shape index (κ3) is 5.05. The van der Waals surface area contributed by atoms with Crippen LogP contribution in [0.3, 0.4) is 0 Å². The van der Waals surface area contributed by atoms with Gasteiger partial charge in [0, 0.05) is 18.4 Å². The van der Waals surface area contributed by atoms with Crippen LogP contribution in [-0.2, 0) is 13.1 Å². The first-order valence-electron chi connectivity index (χ1n) is 10.5. The van der Waals surface area contributed by atoms with E-state index in [-0.39, 0.29) is 17.0 Å². The lowest BCUT2D eigenvalue weighted by Gasteiger charge is -2.26. The Morgan fingerprint density at radius 2 is 1.60 bits per heavy atom. The van der Waals surface area contributed by atoms with Crippen LogP contribution in [0.15, 0.2) is 77.7 Å². The number of piperidine rings is 1. The lowest BCUT2D eigenvalue weighted by Crippen LogP contribution is -2.29. The van der Waals surface area contributed by atoms with Gasteiger partial charge in [-0.25, -0.2) is 0 Å². The van der Waals surface area contributed by atoms with Gasteiger partial charge in [-0.1, -0.05) is 48.9 Å². The second kappa shape index (κ2) is 9.55. The first kappa shape index (κ1) is 20.1. The van der Waals surface area contributed by atoms with E-state index in [9.17, 15) is 9.59 Å². The topological polar surface area (TPSA) is 54.3 Å². The Bertz CT molecular complexity index is 1050. The van der Waals surface area contributed by atoms with Crippen molar-refractivity contribution in [3.8, 4) is 0 Å². The smallest absolute Gasteiger partial charge is 0.263 e. The van der Waals surface area contributed by atoms with Crippen LogP contribution in [0.5, 0.6) is 0 Å². The largest absolute Gasteiger partial charge is 0.322 e. The molecule has 0 radical (unpaired) electrons. The third-order valence-corrected chi connectivity index (χ3v) is 5.50. The average molecular weight is 402 g/mol. The summed E-state index contributed by atoms with van der Waals surface area (Å²) in [4.78, 5) is 28.1. The van der Waals surface area contributed by atoms with Crippen molar-refractivity contribution in [1.29, 1.82) is 0 Å². The minimum Gasteiger partial charge on any atom is -0.322 e. The molecule has 1 aliphatic rings. The van der Waals surface area contributed by atoms with Crippen LogP contribution in [0.4, 0.5) is 5.69 Å². The molecule has 5 nitrogen and oxygen atoms in total. The van der Waals surface area contributed by atoms with Crippen LogP contribution in [0.1, 0.15) is 40.7 Å². The van der Waals surface area contributed by atoms with Gasteiger partial charge >= 0.3 is 0 Å². The van der Waals surface area contributed by atoms with E-state index < -0.39 is 0 Å². The van der Waals surface area contributed by atoms with Crippen molar-refractivity contribution in [2.45, 2.75) is 32.4 Å². The minimum atomic E-state index is -0.377. The molecule has 1 saturated heterocycles. The third-order valence-electron chi connectivity index (χ3n) is 5.50. The van der Waals surface area contributed by atoms with Gasteiger partial charge in [0.1, 0.15) is 5.56 Å². The molecule has 1 N–H and O–H groups in total. The van der Waals surface area contributed by atoms with E-state index in [2.05, 4.69) is 16.3 Å². The highest BCUT2D eigenvalue weighted by molar-refractivity contribution is 6.04. The molecule has 5 heteroatoms. The average Bonchev–Trinajstić information content (AvgIpc) is 2.77. The molecule has 30 heavy (non-hydrogen) atoms. The highest BCUT2D eigenvalue weighted by Crippen LogP contribution is 2.16. The summed E-state index contributed by atoms with van der Waals surface area (Å²) in [5, 5.41) is 2.90. The molecule has 154 valence electrons. The summed E-state index contributed by atoms with van der Waals surface area (Å²) < 4.78 is 1.57. The van der Waals surface area contributed by atoms with Crippen molar-refractivity contribution < 1.29 is 4.79 Å². The fraction of sp³-hybridized carbons (Fsp3) is 0.280. The Morgan fingerprint density at radius 1 is 0.833 bits per heavy atom. The number of nitrogens with zero attached hydrogens (tertiary/aromatic N) is 2. The number of hydrogen-bond donors (Lipinski definition) is 1. The molecule has 1 fully saturated rings. The van der Waals surface area contributed by atoms with Gasteiger partial charge in [-0.05, 0) is 61.3 Å². The zero-order chi connectivity index (χ0) is 20.8. The van der Waals surface area contributed by atoms with Crippen molar-refractivity contribution in [2.24, 2.45) is 0 Å². The van der Waals surface area contributed by atoms with Crippen LogP contribution >= 0.6 is 0 Å². The number of hydrogen-bond acceptors (Lipinski definition) is 3. The molecule has 0 saturated carbocycles. The van der Waals surface area contributed by atoms with Crippen LogP contribution < -0.4 is 10.9 Å². The number of rotatable bonds is 6. The normalized spacial score (nSPS) is 14.4. The van der Waals surface area contributed by atoms with Gasteiger partial charge in [0.25, 0.3) is 11.5 Å². The van der Waals surface area contributed by atoms with Crippen molar-refractivity contribution in [3.63, 3.8) is 0 Å². The lowest BCUT2D eigenvalue weighted by molar-refractivity contribution is 0.102. The summed E-state index contributed by atoms with van der Waals surface area (Å²) in [6.07, 6.45) is 5.52. The van der Waals surface area contributed by atoms with E-state index in [4.69, 9.17) is 0 Å². The molecule has 0 spiro atoms. The number of nitrogens with one attached hydrogen (secondary N) is 1. The van der Waals surface area contributed by atoms with Crippen LogP contribution in [0.25, 0.3) is 0 Å². The van der Waals surface area contributed by atoms with E-state index in [1.807, 2.05) is 48.5 Å². The summed E-state index contributed by atoms with van der Waals surface area (Å²) in [7, 11) is 0. The second-order valence-electron chi connectivity index (χ2n) is 7.83. The van der Waals surface area contributed by atoms with Gasteiger partial charge in [0.05, 0.1) is 6.54 Å². The number of anilines is 1. The molecule has 0 atom stereocenters. The molecule has 1 amide bonds. The number of carbonyl (C=O) groups is 1. The first-order valence-corrected chi connectivity index (χ1v) is 10.5. The molecule has 1 aliphatic heterocycles. The molecule has 4 rings (SSSR count). The first-order chi connectivity index (χ1) is 14.7. The molecule has 0 aliphatic carbocycles. The molecule has 1 aromatic heterocycles. The van der Waals surface area contributed by atoms with Gasteiger partial charge in [0.2, 0.25) is 0 Å². The molecular weight excluding hydrogens is 374 g/mol. The predicted molar refractivity (Wildman–Crippen MR) is 120 cm³/mol. The monoisotopic (exact) mass is 401 g/mol. The van der Waals surface area contributed by atoms with Gasteiger partial charge in [-0.3, -0.25) is 14.5 Å². The van der Waals surface area contributed by atoms with Gasteiger partial charge in [-0.2, -0.15) is 0 Å². The lowest BCUT2D eigenvalue weighted by atomic mass is 10.1. The van der Waals surface area contributed by atoms with E-state index in [0.717, 1.165) is 25.2 Å². The molecular formula is C25H27N3O2. The number of amides is 1. The standard InChI is InChI=1S/C25H27N3O2/c29-24(23-13-8-16-28(25(23)30)19-20-9-3-1-4-10-20)26-22-12-7-11-21(17-22)18-27-14-5-2-6-15-27/h1,3-4,7-13,16-17H,2,5-6,14-15,18-19H2,(H,26,29). The minimum absolute atomic E-state index is 0.148. The number of benzene rings is 2. The van der Waals surface area contributed by atoms with Gasteiger partial charge in [-0.15, -0.1) is 0 Å². The molecule has 2 heterocycles. The van der Waals surface area contributed by atoms with Crippen molar-refractivity contribution in [1.82, 2.24) is 9.47 Å². The Hall–Kier alpha value is -3.18. The maximum atomic E-state index is 12.8. The van der Waals surface area contributed by atoms with Crippen molar-refractivity contribution in [3.05, 3.63) is 100.0 Å². The fourth-order valence-corrected chi connectivity index (χ4v) is 3.94. The second-order valence-corrected chi connectivity index (χ2v) is 7.83. The fourth-order valence-electron chi connectivity index (χ4n) is 3.94. The Morgan fingerprint density at radius 3 is 2.40 bits per heavy atom. The molecule has 3 aromatic rings. The van der Waals surface area contributed by atoms with Gasteiger partial charge < -0.3 is 9.88 Å². The van der Waals surface area contributed by atoms with E-state index in [0.29, 0.717) is 12.2 Å². The maximum Gasteiger partial charge on any atom is 0.263 e. The summed E-state index contributed by atoms with van der Waals surface area (Å²) >= 11 is 0. The zero-order valence-corrected chi connectivity index (χ0v) is 17.1. The predicted octanol–water partition coefficient (Wildman–Crippen LogP) is 4.13. The summed E-state index contributed by atoms with van der Waals surface area (Å²) in [6.45, 7) is 3.58. The van der Waals surface area contributed by atoms with Crippen LogP contribution in [-0.4, -0.2) is 28.5 Å². The summed E-state index contributed by atoms with van der Waals surface area (Å²) in [5.41, 5.74) is 2.76. The number of carbonyl (C=O) groups excluding carboxylic acids is 1. The van der Waals surface area contributed by atoms with E-state index in [1.165, 1.54) is 24.8 Å². The maximum absolute atomic E-state index is 12.8. The SMILES string of the molecule is O=C(Nc1cccc(CN2CCCCC2)c1)c1cccn(Cc2ccccc2)c1=O. The highest BCUT2D eigenvalue weighted by atomic mass is 16.2. The Labute approximate surface area is 177 Å². The van der Waals surface area contributed by atoms with E-state index >= 15 is 0 Å². The van der Waals surface area contributed by atoms with Crippen LogP contribution in [0, 0.1) is 0 Å². The molecule has 2 aromatic carbocycles. The summed E-state index contributed by atoms with van der Waals surface area (Å²) in [5.74, 6) is -0.377. The highest BCUT2D eigenvalue weighted by Gasteiger charge is 2.14.